The molecule has 1 heterocycles. The number of nitrogens with zero attached hydrogens (tertiary/aromatic N) is 1. The molecule has 1 saturated heterocycles. The number of carboxylic acid groups (broad SMARTS) is 1. The molecule has 1 aliphatic carbocycles. The second-order valence-electron chi connectivity index (χ2n) is 9.45. The largest absolute Gasteiger partial charge is 0.481 e. The average Bonchev–Trinajstić information content (AvgIpc) is 3.30. The van der Waals surface area contributed by atoms with E-state index in [1.54, 1.807) is 18.7 Å². The topological polar surface area (TPSA) is 95.9 Å². The summed E-state index contributed by atoms with van der Waals surface area (Å²) in [7, 11) is 0. The standard InChI is InChI=1S/C26H30N2O5/c1-16(23(29)28-13-17(2)26(3,15-28)24(30)31)12-27-25(32)33-14-22-20-10-6-4-8-18(20)19-9-5-7-11-21(19)22/h4-11,16-17,22H,12-15H2,1-3H3,(H,27,32)(H,30,31)/t16?,17-,26-/m0/s1. The van der Waals surface area contributed by atoms with Crippen LogP contribution in [0.4, 0.5) is 4.79 Å². The number of amides is 2. The van der Waals surface area contributed by atoms with Gasteiger partial charge in [-0.2, -0.15) is 0 Å². The molecule has 1 unspecified atom stereocenters. The number of ether oxygens (including phenoxy) is 1. The highest BCUT2D eigenvalue weighted by atomic mass is 16.5. The smallest absolute Gasteiger partial charge is 0.407 e. The molecule has 33 heavy (non-hydrogen) atoms. The first-order valence-corrected chi connectivity index (χ1v) is 11.3. The molecule has 4 rings (SSSR count). The van der Waals surface area contributed by atoms with Crippen molar-refractivity contribution in [2.24, 2.45) is 17.3 Å². The molecule has 0 spiro atoms. The van der Waals surface area contributed by atoms with Gasteiger partial charge in [-0.25, -0.2) is 4.79 Å². The van der Waals surface area contributed by atoms with Crippen LogP contribution in [0, 0.1) is 17.3 Å². The normalized spacial score (nSPS) is 22.4. The summed E-state index contributed by atoms with van der Waals surface area (Å²) in [6.45, 7) is 6.17. The number of likely N-dealkylation sites (tertiary alicyclic amines) is 1. The van der Waals surface area contributed by atoms with E-state index in [1.165, 1.54) is 0 Å². The number of carboxylic acids is 1. The Balaban J connectivity index is 1.31. The summed E-state index contributed by atoms with van der Waals surface area (Å²) < 4.78 is 5.52. The lowest BCUT2D eigenvalue weighted by atomic mass is 9.81. The number of carbonyl (C=O) groups is 3. The Hall–Kier alpha value is -3.35. The molecule has 7 heteroatoms. The quantitative estimate of drug-likeness (QED) is 0.699. The first kappa shape index (κ1) is 22.8. The van der Waals surface area contributed by atoms with E-state index in [4.69, 9.17) is 4.74 Å². The van der Waals surface area contributed by atoms with Gasteiger partial charge in [-0.3, -0.25) is 9.59 Å². The van der Waals surface area contributed by atoms with E-state index < -0.39 is 23.4 Å². The van der Waals surface area contributed by atoms with E-state index >= 15 is 0 Å². The van der Waals surface area contributed by atoms with Crippen LogP contribution in [-0.4, -0.2) is 54.2 Å². The molecule has 3 atom stereocenters. The Kier molecular flexibility index (Phi) is 6.15. The van der Waals surface area contributed by atoms with E-state index in [-0.39, 0.29) is 37.4 Å². The molecule has 0 radical (unpaired) electrons. The summed E-state index contributed by atoms with van der Waals surface area (Å²) in [5.74, 6) is -1.70. The van der Waals surface area contributed by atoms with Gasteiger partial charge in [-0.05, 0) is 35.1 Å². The van der Waals surface area contributed by atoms with Crippen molar-refractivity contribution in [1.82, 2.24) is 10.2 Å². The molecule has 174 valence electrons. The van der Waals surface area contributed by atoms with Crippen molar-refractivity contribution in [3.8, 4) is 11.1 Å². The van der Waals surface area contributed by atoms with Crippen LogP contribution >= 0.6 is 0 Å². The number of aliphatic carboxylic acids is 1. The molecule has 2 aliphatic rings. The summed E-state index contributed by atoms with van der Waals surface area (Å²) in [4.78, 5) is 38.4. The lowest BCUT2D eigenvalue weighted by molar-refractivity contribution is -0.149. The fraction of sp³-hybridized carbons (Fsp3) is 0.423. The van der Waals surface area contributed by atoms with Crippen molar-refractivity contribution in [2.45, 2.75) is 26.7 Å². The Morgan fingerprint density at radius 3 is 2.24 bits per heavy atom. The number of carbonyl (C=O) groups excluding carboxylic acids is 2. The van der Waals surface area contributed by atoms with Gasteiger partial charge in [-0.1, -0.05) is 62.4 Å². The van der Waals surface area contributed by atoms with Crippen LogP contribution in [0.25, 0.3) is 11.1 Å². The maximum atomic E-state index is 12.8. The third kappa shape index (κ3) is 4.19. The fourth-order valence-electron chi connectivity index (χ4n) is 4.88. The second-order valence-corrected chi connectivity index (χ2v) is 9.45. The van der Waals surface area contributed by atoms with Crippen molar-refractivity contribution in [1.29, 1.82) is 0 Å². The van der Waals surface area contributed by atoms with Crippen molar-refractivity contribution < 1.29 is 24.2 Å². The molecule has 2 aromatic carbocycles. The maximum Gasteiger partial charge on any atom is 0.407 e. The molecule has 0 bridgehead atoms. The molecule has 0 aromatic heterocycles. The molecule has 2 aromatic rings. The zero-order chi connectivity index (χ0) is 23.8. The fourth-order valence-corrected chi connectivity index (χ4v) is 4.88. The summed E-state index contributed by atoms with van der Waals surface area (Å²) in [6.07, 6.45) is -0.568. The number of nitrogens with one attached hydrogen (secondary N) is 1. The van der Waals surface area contributed by atoms with Gasteiger partial charge < -0.3 is 20.1 Å². The Morgan fingerprint density at radius 2 is 1.70 bits per heavy atom. The Bertz CT molecular complexity index is 1040. The third-order valence-corrected chi connectivity index (χ3v) is 7.22. The SMILES string of the molecule is CC(CNC(=O)OCC1c2ccccc2-c2ccccc21)C(=O)N1C[C@H](C)[C@@](C)(C(=O)O)C1. The van der Waals surface area contributed by atoms with Crippen LogP contribution in [0.5, 0.6) is 0 Å². The van der Waals surface area contributed by atoms with Gasteiger partial charge in [0.1, 0.15) is 6.61 Å². The van der Waals surface area contributed by atoms with Crippen LogP contribution in [0.2, 0.25) is 0 Å². The van der Waals surface area contributed by atoms with Gasteiger partial charge in [0.2, 0.25) is 5.91 Å². The van der Waals surface area contributed by atoms with Gasteiger partial charge in [0.05, 0.1) is 11.3 Å². The Labute approximate surface area is 193 Å². The number of rotatable bonds is 6. The van der Waals surface area contributed by atoms with Gasteiger partial charge in [0.15, 0.2) is 0 Å². The summed E-state index contributed by atoms with van der Waals surface area (Å²) in [5.41, 5.74) is 3.65. The van der Waals surface area contributed by atoms with Crippen molar-refractivity contribution in [2.75, 3.05) is 26.2 Å². The number of hydrogen-bond donors (Lipinski definition) is 2. The first-order valence-electron chi connectivity index (χ1n) is 11.3. The summed E-state index contributed by atoms with van der Waals surface area (Å²) in [5, 5.41) is 12.2. The minimum absolute atomic E-state index is 0.0259. The number of benzene rings is 2. The second kappa shape index (κ2) is 8.89. The van der Waals surface area contributed by atoms with Gasteiger partial charge >= 0.3 is 12.1 Å². The number of alkyl carbamates (subject to hydrolysis) is 1. The number of hydrogen-bond acceptors (Lipinski definition) is 4. The van der Waals surface area contributed by atoms with Crippen LogP contribution < -0.4 is 5.32 Å². The highest BCUT2D eigenvalue weighted by Crippen LogP contribution is 2.44. The van der Waals surface area contributed by atoms with Crippen molar-refractivity contribution >= 4 is 18.0 Å². The monoisotopic (exact) mass is 450 g/mol. The molecular weight excluding hydrogens is 420 g/mol. The van der Waals surface area contributed by atoms with Crippen LogP contribution in [-0.2, 0) is 14.3 Å². The zero-order valence-corrected chi connectivity index (χ0v) is 19.2. The van der Waals surface area contributed by atoms with E-state index in [0.29, 0.717) is 6.54 Å². The highest BCUT2D eigenvalue weighted by Gasteiger charge is 2.48. The lowest BCUT2D eigenvalue weighted by Crippen LogP contribution is -2.41. The van der Waals surface area contributed by atoms with E-state index in [0.717, 1.165) is 22.3 Å². The summed E-state index contributed by atoms with van der Waals surface area (Å²) in [6, 6.07) is 16.3. The van der Waals surface area contributed by atoms with Gasteiger partial charge in [0, 0.05) is 25.6 Å². The predicted molar refractivity (Wildman–Crippen MR) is 124 cm³/mol. The summed E-state index contributed by atoms with van der Waals surface area (Å²) >= 11 is 0. The predicted octanol–water partition coefficient (Wildman–Crippen LogP) is 3.73. The zero-order valence-electron chi connectivity index (χ0n) is 19.2. The average molecular weight is 451 g/mol. The van der Waals surface area contributed by atoms with Crippen molar-refractivity contribution in [3.63, 3.8) is 0 Å². The van der Waals surface area contributed by atoms with Crippen LogP contribution in [0.1, 0.15) is 37.8 Å². The highest BCUT2D eigenvalue weighted by molar-refractivity contribution is 5.83. The Morgan fingerprint density at radius 1 is 1.12 bits per heavy atom. The van der Waals surface area contributed by atoms with E-state index in [2.05, 4.69) is 29.6 Å². The minimum Gasteiger partial charge on any atom is -0.481 e. The maximum absolute atomic E-state index is 12.8. The van der Waals surface area contributed by atoms with Crippen LogP contribution in [0.3, 0.4) is 0 Å². The van der Waals surface area contributed by atoms with E-state index in [1.807, 2.05) is 31.2 Å². The minimum atomic E-state index is -0.949. The molecule has 0 saturated carbocycles. The lowest BCUT2D eigenvalue weighted by Gasteiger charge is -2.24. The van der Waals surface area contributed by atoms with Crippen molar-refractivity contribution in [3.05, 3.63) is 59.7 Å². The van der Waals surface area contributed by atoms with Crippen LogP contribution in [0.15, 0.2) is 48.5 Å². The molecule has 7 nitrogen and oxygen atoms in total. The third-order valence-electron chi connectivity index (χ3n) is 7.22. The molecular formula is C26H30N2O5. The molecule has 1 fully saturated rings. The van der Waals surface area contributed by atoms with Gasteiger partial charge in [0.25, 0.3) is 0 Å². The van der Waals surface area contributed by atoms with Gasteiger partial charge in [-0.15, -0.1) is 0 Å². The number of fused-ring (bicyclic) bond motifs is 3. The molecule has 2 amide bonds. The molecule has 2 N–H and O–H groups in total. The first-order chi connectivity index (χ1) is 15.7. The molecule has 1 aliphatic heterocycles. The van der Waals surface area contributed by atoms with E-state index in [9.17, 15) is 19.5 Å².